The van der Waals surface area contributed by atoms with Gasteiger partial charge in [0.15, 0.2) is 0 Å². The van der Waals surface area contributed by atoms with Crippen molar-refractivity contribution in [3.05, 3.63) is 102 Å². The molecule has 0 N–H and O–H groups in total. The standard InChI is InChI=1S/C32H36O/c1-4-5-6-12-22-32(2,3)27-20-21-30(29-19-13-17-26-16-10-11-18-28(26)29)31(23-27)33-24-25-14-8-7-9-15-25/h7-11,13-21,23H,4-6,12,22,24H2,1-3H3. The minimum Gasteiger partial charge on any atom is -0.488 e. The van der Waals surface area contributed by atoms with E-state index in [2.05, 4.69) is 106 Å². The van der Waals surface area contributed by atoms with Gasteiger partial charge in [-0.3, -0.25) is 0 Å². The average molecular weight is 437 g/mol. The molecule has 0 atom stereocenters. The maximum atomic E-state index is 6.51. The van der Waals surface area contributed by atoms with E-state index in [1.807, 2.05) is 6.07 Å². The van der Waals surface area contributed by atoms with Crippen LogP contribution < -0.4 is 4.74 Å². The summed E-state index contributed by atoms with van der Waals surface area (Å²) in [6.07, 6.45) is 6.37. The first-order valence-corrected chi connectivity index (χ1v) is 12.4. The first-order valence-electron chi connectivity index (χ1n) is 12.4. The second-order valence-electron chi connectivity index (χ2n) is 9.71. The Morgan fingerprint density at radius 3 is 2.27 bits per heavy atom. The molecular weight excluding hydrogens is 400 g/mol. The Balaban J connectivity index is 1.71. The van der Waals surface area contributed by atoms with E-state index >= 15 is 0 Å². The van der Waals surface area contributed by atoms with Crippen molar-refractivity contribution < 1.29 is 4.74 Å². The number of rotatable bonds is 10. The third kappa shape index (κ3) is 5.66. The van der Waals surface area contributed by atoms with Gasteiger partial charge in [-0.05, 0) is 45.4 Å². The second-order valence-corrected chi connectivity index (χ2v) is 9.71. The molecule has 0 aliphatic rings. The molecular formula is C32H36O. The first-order chi connectivity index (χ1) is 16.1. The van der Waals surface area contributed by atoms with Gasteiger partial charge < -0.3 is 4.74 Å². The fourth-order valence-corrected chi connectivity index (χ4v) is 4.62. The van der Waals surface area contributed by atoms with E-state index in [0.717, 1.165) is 11.3 Å². The molecule has 0 fully saturated rings. The van der Waals surface area contributed by atoms with Gasteiger partial charge in [-0.2, -0.15) is 0 Å². The van der Waals surface area contributed by atoms with Gasteiger partial charge in [0.25, 0.3) is 0 Å². The smallest absolute Gasteiger partial charge is 0.127 e. The topological polar surface area (TPSA) is 9.23 Å². The molecule has 4 rings (SSSR count). The first kappa shape index (κ1) is 23.1. The molecule has 4 aromatic carbocycles. The van der Waals surface area contributed by atoms with Crippen LogP contribution in [0.5, 0.6) is 5.75 Å². The normalized spacial score (nSPS) is 11.6. The van der Waals surface area contributed by atoms with Crippen LogP contribution in [0.1, 0.15) is 64.0 Å². The van der Waals surface area contributed by atoms with Crippen molar-refractivity contribution in [3.63, 3.8) is 0 Å². The highest BCUT2D eigenvalue weighted by molar-refractivity contribution is 5.98. The van der Waals surface area contributed by atoms with Gasteiger partial charge in [0, 0.05) is 5.56 Å². The van der Waals surface area contributed by atoms with Crippen LogP contribution in [0.4, 0.5) is 0 Å². The highest BCUT2D eigenvalue weighted by Crippen LogP contribution is 2.39. The predicted molar refractivity (Wildman–Crippen MR) is 142 cm³/mol. The Kier molecular flexibility index (Phi) is 7.50. The molecule has 0 amide bonds. The van der Waals surface area contributed by atoms with Crippen LogP contribution in [0.15, 0.2) is 91.0 Å². The van der Waals surface area contributed by atoms with Gasteiger partial charge >= 0.3 is 0 Å². The number of unbranched alkanes of at least 4 members (excludes halogenated alkanes) is 3. The van der Waals surface area contributed by atoms with Crippen LogP contribution >= 0.6 is 0 Å². The Morgan fingerprint density at radius 1 is 0.697 bits per heavy atom. The third-order valence-electron chi connectivity index (χ3n) is 6.74. The summed E-state index contributed by atoms with van der Waals surface area (Å²) in [5.41, 5.74) is 5.05. The van der Waals surface area contributed by atoms with Crippen LogP contribution in [0.3, 0.4) is 0 Å². The van der Waals surface area contributed by atoms with Crippen LogP contribution in [-0.4, -0.2) is 0 Å². The molecule has 0 spiro atoms. The summed E-state index contributed by atoms with van der Waals surface area (Å²) in [6, 6.07) is 32.4. The van der Waals surface area contributed by atoms with E-state index in [-0.39, 0.29) is 5.41 Å². The van der Waals surface area contributed by atoms with E-state index < -0.39 is 0 Å². The zero-order chi connectivity index (χ0) is 23.1. The average Bonchev–Trinajstić information content (AvgIpc) is 2.85. The molecule has 0 unspecified atom stereocenters. The molecule has 4 aromatic rings. The molecule has 0 aliphatic heterocycles. The molecule has 0 heterocycles. The lowest BCUT2D eigenvalue weighted by atomic mass is 9.79. The van der Waals surface area contributed by atoms with Gasteiger partial charge in [-0.25, -0.2) is 0 Å². The Morgan fingerprint density at radius 2 is 1.45 bits per heavy atom. The summed E-state index contributed by atoms with van der Waals surface area (Å²) in [5.74, 6) is 0.967. The van der Waals surface area contributed by atoms with Crippen LogP contribution in [-0.2, 0) is 12.0 Å². The number of hydrogen-bond acceptors (Lipinski definition) is 1. The van der Waals surface area contributed by atoms with Crippen molar-refractivity contribution in [2.45, 2.75) is 64.9 Å². The Labute approximate surface area is 199 Å². The zero-order valence-electron chi connectivity index (χ0n) is 20.3. The van der Waals surface area contributed by atoms with Crippen molar-refractivity contribution in [2.75, 3.05) is 0 Å². The maximum absolute atomic E-state index is 6.51. The number of hydrogen-bond donors (Lipinski definition) is 0. The van der Waals surface area contributed by atoms with Crippen molar-refractivity contribution in [2.24, 2.45) is 0 Å². The quantitative estimate of drug-likeness (QED) is 0.225. The number of benzene rings is 4. The van der Waals surface area contributed by atoms with E-state index in [4.69, 9.17) is 4.74 Å². The van der Waals surface area contributed by atoms with Gasteiger partial charge in [-0.1, -0.05) is 131 Å². The van der Waals surface area contributed by atoms with Gasteiger partial charge in [-0.15, -0.1) is 0 Å². The van der Waals surface area contributed by atoms with Gasteiger partial charge in [0.2, 0.25) is 0 Å². The van der Waals surface area contributed by atoms with Gasteiger partial charge in [0.1, 0.15) is 12.4 Å². The lowest BCUT2D eigenvalue weighted by Gasteiger charge is -2.27. The molecule has 0 saturated carbocycles. The molecule has 1 heteroatoms. The van der Waals surface area contributed by atoms with E-state index in [9.17, 15) is 0 Å². The van der Waals surface area contributed by atoms with E-state index in [1.165, 1.54) is 59.6 Å². The van der Waals surface area contributed by atoms with Crippen molar-refractivity contribution >= 4 is 10.8 Å². The fraction of sp³-hybridized carbons (Fsp3) is 0.312. The lowest BCUT2D eigenvalue weighted by molar-refractivity contribution is 0.306. The maximum Gasteiger partial charge on any atom is 0.127 e. The lowest BCUT2D eigenvalue weighted by Crippen LogP contribution is -2.17. The predicted octanol–water partition coefficient (Wildman–Crippen LogP) is 9.33. The van der Waals surface area contributed by atoms with Crippen LogP contribution in [0, 0.1) is 0 Å². The Hall–Kier alpha value is -3.06. The van der Waals surface area contributed by atoms with E-state index in [0.29, 0.717) is 6.61 Å². The summed E-state index contributed by atoms with van der Waals surface area (Å²) < 4.78 is 6.51. The van der Waals surface area contributed by atoms with Crippen molar-refractivity contribution in [3.8, 4) is 16.9 Å². The molecule has 0 bridgehead atoms. The molecule has 1 nitrogen and oxygen atoms in total. The summed E-state index contributed by atoms with van der Waals surface area (Å²) in [4.78, 5) is 0. The largest absolute Gasteiger partial charge is 0.488 e. The highest BCUT2D eigenvalue weighted by Gasteiger charge is 2.22. The van der Waals surface area contributed by atoms with Crippen LogP contribution in [0.2, 0.25) is 0 Å². The zero-order valence-corrected chi connectivity index (χ0v) is 20.3. The summed E-state index contributed by atoms with van der Waals surface area (Å²) >= 11 is 0. The molecule has 0 radical (unpaired) electrons. The number of fused-ring (bicyclic) bond motifs is 1. The minimum absolute atomic E-state index is 0.121. The summed E-state index contributed by atoms with van der Waals surface area (Å²) in [6.45, 7) is 7.58. The van der Waals surface area contributed by atoms with Crippen molar-refractivity contribution in [1.29, 1.82) is 0 Å². The summed E-state index contributed by atoms with van der Waals surface area (Å²) in [5, 5.41) is 2.51. The Bertz CT molecular complexity index is 1170. The highest BCUT2D eigenvalue weighted by atomic mass is 16.5. The molecule has 0 aromatic heterocycles. The minimum atomic E-state index is 0.121. The fourth-order valence-electron chi connectivity index (χ4n) is 4.62. The van der Waals surface area contributed by atoms with Crippen LogP contribution in [0.25, 0.3) is 21.9 Å². The summed E-state index contributed by atoms with van der Waals surface area (Å²) in [7, 11) is 0. The second kappa shape index (κ2) is 10.7. The SMILES string of the molecule is CCCCCCC(C)(C)c1ccc(-c2cccc3ccccc23)c(OCc2ccccc2)c1. The number of ether oxygens (including phenoxy) is 1. The molecule has 0 aliphatic carbocycles. The van der Waals surface area contributed by atoms with E-state index in [1.54, 1.807) is 0 Å². The van der Waals surface area contributed by atoms with Gasteiger partial charge in [0.05, 0.1) is 0 Å². The molecule has 170 valence electrons. The third-order valence-corrected chi connectivity index (χ3v) is 6.74. The molecule has 0 saturated heterocycles. The van der Waals surface area contributed by atoms with Crippen molar-refractivity contribution in [1.82, 2.24) is 0 Å². The monoisotopic (exact) mass is 436 g/mol. The molecule has 33 heavy (non-hydrogen) atoms.